The third-order valence-electron chi connectivity index (χ3n) is 4.95. The van der Waals surface area contributed by atoms with E-state index < -0.39 is 22.3 Å². The number of hydrogen-bond donors (Lipinski definition) is 0. The molecule has 0 aliphatic carbocycles. The fourth-order valence-corrected chi connectivity index (χ4v) is 4.32. The molecule has 1 amide bonds. The number of fused-ring (bicyclic) bond motifs is 1. The van der Waals surface area contributed by atoms with Crippen molar-refractivity contribution in [3.8, 4) is 11.5 Å². The Balaban J connectivity index is 1.87. The molecule has 4 aromatic rings. The Hall–Kier alpha value is -4.05. The van der Waals surface area contributed by atoms with Crippen LogP contribution >= 0.6 is 11.3 Å². The number of thiazole rings is 1. The van der Waals surface area contributed by atoms with Gasteiger partial charge in [0.2, 0.25) is 0 Å². The zero-order chi connectivity index (χ0) is 23.5. The number of anilines is 1. The molecular formula is C23H18FN3O5S. The van der Waals surface area contributed by atoms with Crippen LogP contribution in [0.3, 0.4) is 0 Å². The van der Waals surface area contributed by atoms with Gasteiger partial charge in [-0.3, -0.25) is 19.8 Å². The lowest BCUT2D eigenvalue weighted by molar-refractivity contribution is -0.385. The molecule has 8 nitrogen and oxygen atoms in total. The van der Waals surface area contributed by atoms with E-state index in [-0.39, 0.29) is 34.3 Å². The summed E-state index contributed by atoms with van der Waals surface area (Å²) in [5, 5.41) is 12.0. The van der Waals surface area contributed by atoms with Crippen LogP contribution in [0.4, 0.5) is 15.2 Å². The minimum Gasteiger partial charge on any atom is -0.493 e. The van der Waals surface area contributed by atoms with Gasteiger partial charge in [-0.1, -0.05) is 47.7 Å². The lowest BCUT2D eigenvalue weighted by Gasteiger charge is -2.21. The zero-order valence-corrected chi connectivity index (χ0v) is 18.5. The van der Waals surface area contributed by atoms with E-state index in [2.05, 4.69) is 4.98 Å². The van der Waals surface area contributed by atoms with Crippen molar-refractivity contribution in [2.45, 2.75) is 6.54 Å². The number of amides is 1. The summed E-state index contributed by atoms with van der Waals surface area (Å²) in [4.78, 5) is 30.4. The standard InChI is InChI=1S/C23H18FN3O5S/c1-31-18-11-15(17(27(29)30)12-19(18)32-2)22(28)26(13-14-7-4-3-5-8-14)23-25-21-16(24)9-6-10-20(21)33-23/h3-12H,13H2,1-2H3. The number of nitrogens with zero attached hydrogens (tertiary/aromatic N) is 3. The van der Waals surface area contributed by atoms with Crippen molar-refractivity contribution in [2.75, 3.05) is 19.1 Å². The van der Waals surface area contributed by atoms with Crippen LogP contribution in [0.25, 0.3) is 10.2 Å². The number of methoxy groups -OCH3 is 2. The third-order valence-corrected chi connectivity index (χ3v) is 5.99. The normalized spacial score (nSPS) is 10.8. The smallest absolute Gasteiger partial charge is 0.286 e. The first-order valence-electron chi connectivity index (χ1n) is 9.74. The molecule has 3 aromatic carbocycles. The minimum absolute atomic E-state index is 0.0760. The maximum Gasteiger partial charge on any atom is 0.286 e. The second kappa shape index (κ2) is 9.21. The number of nitro groups is 1. The zero-order valence-electron chi connectivity index (χ0n) is 17.6. The van der Waals surface area contributed by atoms with Gasteiger partial charge < -0.3 is 9.47 Å². The average molecular weight is 467 g/mol. The van der Waals surface area contributed by atoms with Crippen LogP contribution in [-0.4, -0.2) is 30.0 Å². The molecule has 0 fully saturated rings. The first-order chi connectivity index (χ1) is 15.9. The van der Waals surface area contributed by atoms with Gasteiger partial charge in [-0.2, -0.15) is 0 Å². The lowest BCUT2D eigenvalue weighted by atomic mass is 10.1. The maximum atomic E-state index is 14.3. The molecule has 0 N–H and O–H groups in total. The Bertz CT molecular complexity index is 1340. The van der Waals surface area contributed by atoms with E-state index in [1.807, 2.05) is 30.3 Å². The van der Waals surface area contributed by atoms with Crippen LogP contribution in [0.2, 0.25) is 0 Å². The highest BCUT2D eigenvalue weighted by atomic mass is 32.1. The summed E-state index contributed by atoms with van der Waals surface area (Å²) in [6, 6.07) is 16.1. The van der Waals surface area contributed by atoms with E-state index in [1.165, 1.54) is 31.3 Å². The van der Waals surface area contributed by atoms with Crippen molar-refractivity contribution in [1.82, 2.24) is 4.98 Å². The van der Waals surface area contributed by atoms with Crippen LogP contribution in [0, 0.1) is 15.9 Å². The third kappa shape index (κ3) is 4.33. The minimum atomic E-state index is -0.675. The van der Waals surface area contributed by atoms with Crippen LogP contribution < -0.4 is 14.4 Å². The lowest BCUT2D eigenvalue weighted by Crippen LogP contribution is -2.31. The van der Waals surface area contributed by atoms with Gasteiger partial charge in [0.05, 0.1) is 36.5 Å². The molecule has 0 saturated carbocycles. The number of rotatable bonds is 7. The van der Waals surface area contributed by atoms with Crippen molar-refractivity contribution < 1.29 is 23.6 Å². The second-order valence-corrected chi connectivity index (χ2v) is 7.95. The van der Waals surface area contributed by atoms with Crippen LogP contribution in [0.15, 0.2) is 60.7 Å². The van der Waals surface area contributed by atoms with E-state index in [1.54, 1.807) is 12.1 Å². The Morgan fingerprint density at radius 2 is 1.79 bits per heavy atom. The fourth-order valence-electron chi connectivity index (χ4n) is 3.35. The highest BCUT2D eigenvalue weighted by molar-refractivity contribution is 7.22. The first kappa shape index (κ1) is 22.2. The summed E-state index contributed by atoms with van der Waals surface area (Å²) >= 11 is 1.12. The van der Waals surface area contributed by atoms with E-state index in [0.717, 1.165) is 23.0 Å². The number of ether oxygens (including phenoxy) is 2. The number of nitro benzene ring substituents is 1. The predicted octanol–water partition coefficient (Wildman–Crippen LogP) is 5.21. The molecule has 0 atom stereocenters. The Morgan fingerprint density at radius 3 is 2.42 bits per heavy atom. The summed E-state index contributed by atoms with van der Waals surface area (Å²) in [7, 11) is 2.72. The molecule has 1 heterocycles. The molecule has 0 spiro atoms. The number of hydrogen-bond acceptors (Lipinski definition) is 7. The predicted molar refractivity (Wildman–Crippen MR) is 123 cm³/mol. The summed E-state index contributed by atoms with van der Waals surface area (Å²) in [6.07, 6.45) is 0. The Morgan fingerprint density at radius 1 is 1.09 bits per heavy atom. The Kier molecular flexibility index (Phi) is 6.18. The fraction of sp³-hybridized carbons (Fsp3) is 0.130. The van der Waals surface area contributed by atoms with Crippen molar-refractivity contribution in [3.63, 3.8) is 0 Å². The summed E-state index contributed by atoms with van der Waals surface area (Å²) < 4.78 is 25.2. The maximum absolute atomic E-state index is 14.3. The SMILES string of the molecule is COc1cc(C(=O)N(Cc2ccccc2)c2nc3c(F)cccc3s2)c([N+](=O)[O-])cc1OC. The Labute approximate surface area is 192 Å². The highest BCUT2D eigenvalue weighted by Crippen LogP contribution is 2.37. The van der Waals surface area contributed by atoms with Crippen molar-refractivity contribution in [1.29, 1.82) is 0 Å². The molecule has 0 aliphatic heterocycles. The monoisotopic (exact) mass is 467 g/mol. The van der Waals surface area contributed by atoms with Gasteiger partial charge in [0, 0.05) is 6.07 Å². The molecule has 0 bridgehead atoms. The van der Waals surface area contributed by atoms with Crippen molar-refractivity contribution in [2.24, 2.45) is 0 Å². The van der Waals surface area contributed by atoms with Gasteiger partial charge in [0.25, 0.3) is 11.6 Å². The molecule has 0 aliphatic rings. The number of carbonyl (C=O) groups is 1. The molecular weight excluding hydrogens is 449 g/mol. The largest absolute Gasteiger partial charge is 0.493 e. The van der Waals surface area contributed by atoms with Crippen molar-refractivity contribution in [3.05, 3.63) is 87.7 Å². The number of para-hydroxylation sites is 1. The van der Waals surface area contributed by atoms with Gasteiger partial charge in [-0.05, 0) is 17.7 Å². The van der Waals surface area contributed by atoms with Crippen LogP contribution in [0.1, 0.15) is 15.9 Å². The molecule has 4 rings (SSSR count). The van der Waals surface area contributed by atoms with Gasteiger partial charge in [-0.25, -0.2) is 9.37 Å². The summed E-state index contributed by atoms with van der Waals surface area (Å²) in [5.74, 6) is -0.899. The van der Waals surface area contributed by atoms with Gasteiger partial charge in [0.15, 0.2) is 16.6 Å². The molecule has 168 valence electrons. The molecule has 0 radical (unpaired) electrons. The highest BCUT2D eigenvalue weighted by Gasteiger charge is 2.30. The van der Waals surface area contributed by atoms with Crippen LogP contribution in [0.5, 0.6) is 11.5 Å². The molecule has 0 saturated heterocycles. The van der Waals surface area contributed by atoms with Gasteiger partial charge in [-0.15, -0.1) is 0 Å². The van der Waals surface area contributed by atoms with E-state index >= 15 is 0 Å². The van der Waals surface area contributed by atoms with E-state index in [9.17, 15) is 19.3 Å². The van der Waals surface area contributed by atoms with E-state index in [0.29, 0.717) is 4.70 Å². The quantitative estimate of drug-likeness (QED) is 0.274. The number of aromatic nitrogens is 1. The molecule has 1 aromatic heterocycles. The number of benzene rings is 3. The first-order valence-corrected chi connectivity index (χ1v) is 10.6. The van der Waals surface area contributed by atoms with Gasteiger partial charge >= 0.3 is 0 Å². The topological polar surface area (TPSA) is 94.8 Å². The number of halogens is 1. The second-order valence-electron chi connectivity index (χ2n) is 6.94. The number of carbonyl (C=O) groups excluding carboxylic acids is 1. The van der Waals surface area contributed by atoms with Crippen LogP contribution in [-0.2, 0) is 6.54 Å². The van der Waals surface area contributed by atoms with Crippen molar-refractivity contribution >= 4 is 38.3 Å². The molecule has 0 unspecified atom stereocenters. The molecule has 10 heteroatoms. The molecule has 33 heavy (non-hydrogen) atoms. The summed E-state index contributed by atoms with van der Waals surface area (Å²) in [5.41, 5.74) is 0.259. The summed E-state index contributed by atoms with van der Waals surface area (Å²) in [6.45, 7) is 0.0760. The van der Waals surface area contributed by atoms with Gasteiger partial charge in [0.1, 0.15) is 16.9 Å². The average Bonchev–Trinajstić information content (AvgIpc) is 3.27. The van der Waals surface area contributed by atoms with E-state index in [4.69, 9.17) is 9.47 Å².